The molecule has 3 heterocycles. The van der Waals surface area contributed by atoms with E-state index in [4.69, 9.17) is 0 Å². The predicted octanol–water partition coefficient (Wildman–Crippen LogP) is 3.72. The number of nitrogens with one attached hydrogen (secondary N) is 1. The zero-order chi connectivity index (χ0) is 22.9. The third-order valence-corrected chi connectivity index (χ3v) is 5.71. The Morgan fingerprint density at radius 3 is 2.52 bits per heavy atom. The summed E-state index contributed by atoms with van der Waals surface area (Å²) in [6.45, 7) is 2.12. The first-order chi connectivity index (χ1) is 16.0. The standard InChI is InChI=1S/C25H21N5O3/c1-16-9-10-17(21-15-29-12-5-11-26-25(29)28-21)14-20(16)27-22(31)8-4-13-30-23(32)18-6-2-3-7-19(18)24(30)33/h2-3,5-7,9-12,14-15H,4,8,13H2,1H3,(H,27,31). The lowest BCUT2D eigenvalue weighted by atomic mass is 10.1. The highest BCUT2D eigenvalue weighted by Gasteiger charge is 2.34. The number of hydrogen-bond acceptors (Lipinski definition) is 5. The van der Waals surface area contributed by atoms with Gasteiger partial charge in [0.1, 0.15) is 0 Å². The number of amides is 3. The Labute approximate surface area is 189 Å². The lowest BCUT2D eigenvalue weighted by Crippen LogP contribution is -2.31. The second-order valence-corrected chi connectivity index (χ2v) is 7.94. The van der Waals surface area contributed by atoms with Crippen molar-refractivity contribution in [1.82, 2.24) is 19.3 Å². The molecule has 0 saturated heterocycles. The van der Waals surface area contributed by atoms with Gasteiger partial charge in [0.15, 0.2) is 0 Å². The molecule has 164 valence electrons. The average Bonchev–Trinajstić information content (AvgIpc) is 3.36. The Morgan fingerprint density at radius 1 is 1.03 bits per heavy atom. The molecule has 1 aliphatic rings. The molecule has 0 spiro atoms. The van der Waals surface area contributed by atoms with Crippen molar-refractivity contribution >= 4 is 29.2 Å². The molecule has 5 rings (SSSR count). The fraction of sp³-hybridized carbons (Fsp3) is 0.160. The minimum absolute atomic E-state index is 0.177. The Kier molecular flexibility index (Phi) is 5.18. The van der Waals surface area contributed by atoms with Gasteiger partial charge in [-0.1, -0.05) is 24.3 Å². The molecule has 2 aromatic carbocycles. The van der Waals surface area contributed by atoms with E-state index in [1.54, 1.807) is 30.5 Å². The molecular formula is C25H21N5O3. The second kappa shape index (κ2) is 8.31. The van der Waals surface area contributed by atoms with Crippen LogP contribution in [0.1, 0.15) is 39.1 Å². The number of imidazole rings is 1. The van der Waals surface area contributed by atoms with Gasteiger partial charge in [-0.05, 0) is 43.2 Å². The predicted molar refractivity (Wildman–Crippen MR) is 123 cm³/mol. The number of fused-ring (bicyclic) bond motifs is 2. The van der Waals surface area contributed by atoms with Crippen molar-refractivity contribution in [3.8, 4) is 11.3 Å². The van der Waals surface area contributed by atoms with Crippen molar-refractivity contribution in [2.24, 2.45) is 0 Å². The molecule has 33 heavy (non-hydrogen) atoms. The van der Waals surface area contributed by atoms with Gasteiger partial charge in [0.25, 0.3) is 11.8 Å². The lowest BCUT2D eigenvalue weighted by molar-refractivity contribution is -0.116. The molecule has 1 aliphatic heterocycles. The molecule has 8 heteroatoms. The maximum Gasteiger partial charge on any atom is 0.261 e. The van der Waals surface area contributed by atoms with Crippen LogP contribution in [-0.4, -0.2) is 43.5 Å². The SMILES string of the molecule is Cc1ccc(-c2cn3cccnc3n2)cc1NC(=O)CCCN1C(=O)c2ccccc2C1=O. The maximum atomic E-state index is 12.6. The summed E-state index contributed by atoms with van der Waals surface area (Å²) >= 11 is 0. The van der Waals surface area contributed by atoms with E-state index in [1.807, 2.05) is 48.0 Å². The van der Waals surface area contributed by atoms with Gasteiger partial charge in [-0.2, -0.15) is 0 Å². The van der Waals surface area contributed by atoms with Crippen molar-refractivity contribution in [3.63, 3.8) is 0 Å². The van der Waals surface area contributed by atoms with Crippen molar-refractivity contribution in [3.05, 3.63) is 83.8 Å². The van der Waals surface area contributed by atoms with Gasteiger partial charge >= 0.3 is 0 Å². The molecule has 0 atom stereocenters. The topological polar surface area (TPSA) is 96.7 Å². The van der Waals surface area contributed by atoms with E-state index in [9.17, 15) is 14.4 Å². The van der Waals surface area contributed by atoms with Crippen LogP contribution in [-0.2, 0) is 4.79 Å². The summed E-state index contributed by atoms with van der Waals surface area (Å²) in [5.74, 6) is -0.182. The number of rotatable bonds is 6. The Balaban J connectivity index is 1.23. The molecule has 4 aromatic rings. The molecule has 0 fully saturated rings. The Bertz CT molecular complexity index is 1340. The molecule has 0 bridgehead atoms. The molecule has 0 aliphatic carbocycles. The largest absolute Gasteiger partial charge is 0.326 e. The van der Waals surface area contributed by atoms with Crippen LogP contribution >= 0.6 is 0 Å². The molecule has 0 radical (unpaired) electrons. The number of anilines is 1. The van der Waals surface area contributed by atoms with Crippen LogP contribution in [0, 0.1) is 6.92 Å². The summed E-state index contributed by atoms with van der Waals surface area (Å²) in [5.41, 5.74) is 4.09. The average molecular weight is 439 g/mol. The summed E-state index contributed by atoms with van der Waals surface area (Å²) in [6, 6.07) is 14.4. The van der Waals surface area contributed by atoms with Gasteiger partial charge in [-0.15, -0.1) is 0 Å². The van der Waals surface area contributed by atoms with E-state index in [-0.39, 0.29) is 30.7 Å². The highest BCUT2D eigenvalue weighted by Crippen LogP contribution is 2.26. The number of hydrogen-bond donors (Lipinski definition) is 1. The van der Waals surface area contributed by atoms with Crippen LogP contribution < -0.4 is 5.32 Å². The summed E-state index contributed by atoms with van der Waals surface area (Å²) in [4.78, 5) is 47.4. The summed E-state index contributed by atoms with van der Waals surface area (Å²) in [7, 11) is 0. The van der Waals surface area contributed by atoms with E-state index in [1.165, 1.54) is 4.90 Å². The van der Waals surface area contributed by atoms with E-state index in [0.717, 1.165) is 16.8 Å². The first-order valence-corrected chi connectivity index (χ1v) is 10.7. The highest BCUT2D eigenvalue weighted by molar-refractivity contribution is 6.21. The zero-order valence-corrected chi connectivity index (χ0v) is 18.0. The van der Waals surface area contributed by atoms with Crippen LogP contribution in [0.3, 0.4) is 0 Å². The summed E-state index contributed by atoms with van der Waals surface area (Å²) < 4.78 is 1.84. The lowest BCUT2D eigenvalue weighted by Gasteiger charge is -2.14. The van der Waals surface area contributed by atoms with Gasteiger partial charge in [0.05, 0.1) is 16.8 Å². The number of imide groups is 1. The third-order valence-electron chi connectivity index (χ3n) is 5.71. The third kappa shape index (κ3) is 3.87. The van der Waals surface area contributed by atoms with Gasteiger partial charge in [0, 0.05) is 42.8 Å². The number of carbonyl (C=O) groups is 3. The van der Waals surface area contributed by atoms with Gasteiger partial charge in [-0.3, -0.25) is 23.7 Å². The summed E-state index contributed by atoms with van der Waals surface area (Å²) in [5, 5.41) is 2.94. The minimum Gasteiger partial charge on any atom is -0.326 e. The Morgan fingerprint density at radius 2 is 1.79 bits per heavy atom. The van der Waals surface area contributed by atoms with E-state index < -0.39 is 0 Å². The molecular weight excluding hydrogens is 418 g/mol. The van der Waals surface area contributed by atoms with Crippen LogP contribution in [0.15, 0.2) is 67.1 Å². The van der Waals surface area contributed by atoms with Crippen LogP contribution in [0.25, 0.3) is 17.0 Å². The van der Waals surface area contributed by atoms with Crippen molar-refractivity contribution in [2.45, 2.75) is 19.8 Å². The monoisotopic (exact) mass is 439 g/mol. The van der Waals surface area contributed by atoms with Gasteiger partial charge in [-0.25, -0.2) is 9.97 Å². The van der Waals surface area contributed by atoms with E-state index >= 15 is 0 Å². The molecule has 2 aromatic heterocycles. The van der Waals surface area contributed by atoms with Gasteiger partial charge < -0.3 is 5.32 Å². The first-order valence-electron chi connectivity index (χ1n) is 10.7. The second-order valence-electron chi connectivity index (χ2n) is 7.94. The van der Waals surface area contributed by atoms with Crippen molar-refractivity contribution in [2.75, 3.05) is 11.9 Å². The zero-order valence-electron chi connectivity index (χ0n) is 18.0. The number of aryl methyl sites for hydroxylation is 1. The number of aromatic nitrogens is 3. The van der Waals surface area contributed by atoms with Crippen LogP contribution in [0.2, 0.25) is 0 Å². The summed E-state index contributed by atoms with van der Waals surface area (Å²) in [6.07, 6.45) is 6.03. The molecule has 1 N–H and O–H groups in total. The smallest absolute Gasteiger partial charge is 0.261 e. The maximum absolute atomic E-state index is 12.6. The van der Waals surface area contributed by atoms with Crippen molar-refractivity contribution in [1.29, 1.82) is 0 Å². The fourth-order valence-electron chi connectivity index (χ4n) is 3.94. The van der Waals surface area contributed by atoms with Gasteiger partial charge in [0.2, 0.25) is 11.7 Å². The van der Waals surface area contributed by atoms with Crippen LogP contribution in [0.5, 0.6) is 0 Å². The highest BCUT2D eigenvalue weighted by atomic mass is 16.2. The number of nitrogens with zero attached hydrogens (tertiary/aromatic N) is 4. The first kappa shape index (κ1) is 20.6. The van der Waals surface area contributed by atoms with E-state index in [0.29, 0.717) is 29.0 Å². The molecule has 3 amide bonds. The quantitative estimate of drug-likeness (QED) is 0.462. The van der Waals surface area contributed by atoms with Crippen LogP contribution in [0.4, 0.5) is 5.69 Å². The normalized spacial score (nSPS) is 12.9. The Hall–Kier alpha value is -4.33. The molecule has 0 saturated carbocycles. The molecule has 0 unspecified atom stereocenters. The molecule has 8 nitrogen and oxygen atoms in total. The number of carbonyl (C=O) groups excluding carboxylic acids is 3. The fourth-order valence-corrected chi connectivity index (χ4v) is 3.94. The van der Waals surface area contributed by atoms with E-state index in [2.05, 4.69) is 15.3 Å². The number of benzene rings is 2. The minimum atomic E-state index is -0.304. The van der Waals surface area contributed by atoms with Crippen molar-refractivity contribution < 1.29 is 14.4 Å².